The molecule has 2 aliphatic heterocycles. The van der Waals surface area contributed by atoms with E-state index < -0.39 is 6.04 Å². The number of ketones is 2. The third-order valence-electron chi connectivity index (χ3n) is 6.70. The Bertz CT molecular complexity index is 1060. The van der Waals surface area contributed by atoms with Gasteiger partial charge in [-0.1, -0.05) is 30.3 Å². The van der Waals surface area contributed by atoms with Crippen LogP contribution in [0.15, 0.2) is 42.5 Å². The molecular formula is C26H28N2O5. The van der Waals surface area contributed by atoms with Crippen molar-refractivity contribution >= 4 is 17.5 Å². The van der Waals surface area contributed by atoms with Crippen LogP contribution in [0.1, 0.15) is 46.3 Å². The molecule has 1 atom stereocenters. The number of Topliss-reactive ketones (excluding diaryl/α,β-unsaturated/α-hetero) is 2. The zero-order chi connectivity index (χ0) is 22.8. The summed E-state index contributed by atoms with van der Waals surface area (Å²) in [6.45, 7) is 5.17. The Morgan fingerprint density at radius 3 is 2.48 bits per heavy atom. The molecule has 3 aliphatic rings. The molecule has 0 N–H and O–H groups in total. The van der Waals surface area contributed by atoms with Crippen LogP contribution in [0.2, 0.25) is 0 Å². The lowest BCUT2D eigenvalue weighted by atomic mass is 9.92. The number of benzene rings is 2. The van der Waals surface area contributed by atoms with Gasteiger partial charge in [-0.15, -0.1) is 0 Å². The van der Waals surface area contributed by atoms with Gasteiger partial charge in [0.05, 0.1) is 32.2 Å². The van der Waals surface area contributed by atoms with Gasteiger partial charge in [0.1, 0.15) is 18.1 Å². The number of nitrogens with zero attached hydrogens (tertiary/aromatic N) is 2. The average Bonchev–Trinajstić information content (AvgIpc) is 3.16. The molecule has 0 spiro atoms. The topological polar surface area (TPSA) is 76.2 Å². The van der Waals surface area contributed by atoms with Crippen LogP contribution >= 0.6 is 0 Å². The van der Waals surface area contributed by atoms with Crippen LogP contribution in [0, 0.1) is 0 Å². The summed E-state index contributed by atoms with van der Waals surface area (Å²) in [7, 11) is 0. The van der Waals surface area contributed by atoms with Crippen molar-refractivity contribution in [3.63, 3.8) is 0 Å². The van der Waals surface area contributed by atoms with Crippen LogP contribution < -0.4 is 4.74 Å². The molecule has 2 aromatic rings. The van der Waals surface area contributed by atoms with Gasteiger partial charge >= 0.3 is 0 Å². The zero-order valence-corrected chi connectivity index (χ0v) is 18.6. The fourth-order valence-corrected chi connectivity index (χ4v) is 4.82. The largest absolute Gasteiger partial charge is 0.489 e. The summed E-state index contributed by atoms with van der Waals surface area (Å²) in [4.78, 5) is 40.9. The Balaban J connectivity index is 1.23. The lowest BCUT2D eigenvalue weighted by Gasteiger charge is -2.29. The highest BCUT2D eigenvalue weighted by Gasteiger charge is 2.39. The number of amides is 1. The highest BCUT2D eigenvalue weighted by Crippen LogP contribution is 2.34. The van der Waals surface area contributed by atoms with Crippen LogP contribution in [0.3, 0.4) is 0 Å². The molecule has 1 amide bonds. The van der Waals surface area contributed by atoms with Crippen LogP contribution in [0.4, 0.5) is 0 Å². The number of hydrogen-bond donors (Lipinski definition) is 0. The van der Waals surface area contributed by atoms with Crippen molar-refractivity contribution in [1.82, 2.24) is 9.80 Å². The minimum atomic E-state index is -0.519. The van der Waals surface area contributed by atoms with Gasteiger partial charge in [-0.05, 0) is 29.7 Å². The average molecular weight is 449 g/mol. The van der Waals surface area contributed by atoms with Crippen LogP contribution in [0.25, 0.3) is 0 Å². The Hall–Kier alpha value is -3.03. The Morgan fingerprint density at radius 1 is 0.970 bits per heavy atom. The molecule has 7 nitrogen and oxygen atoms in total. The predicted molar refractivity (Wildman–Crippen MR) is 121 cm³/mol. The monoisotopic (exact) mass is 448 g/mol. The first-order valence-corrected chi connectivity index (χ1v) is 11.6. The fraction of sp³-hybridized carbons (Fsp3) is 0.423. The van der Waals surface area contributed by atoms with E-state index in [0.29, 0.717) is 37.3 Å². The molecule has 1 saturated carbocycles. The summed E-state index contributed by atoms with van der Waals surface area (Å²) >= 11 is 0. The summed E-state index contributed by atoms with van der Waals surface area (Å²) < 4.78 is 11.5. The molecule has 0 aromatic heterocycles. The zero-order valence-electron chi connectivity index (χ0n) is 18.6. The number of hydrogen-bond acceptors (Lipinski definition) is 6. The molecule has 2 fully saturated rings. The summed E-state index contributed by atoms with van der Waals surface area (Å²) in [5, 5.41) is 0. The van der Waals surface area contributed by atoms with Gasteiger partial charge in [0.2, 0.25) is 0 Å². The molecule has 7 heteroatoms. The van der Waals surface area contributed by atoms with Crippen molar-refractivity contribution in [3.8, 4) is 5.75 Å². The number of ether oxygens (including phenoxy) is 2. The third kappa shape index (κ3) is 4.70. The maximum Gasteiger partial charge on any atom is 0.255 e. The minimum Gasteiger partial charge on any atom is -0.489 e. The van der Waals surface area contributed by atoms with Gasteiger partial charge in [0.25, 0.3) is 5.91 Å². The lowest BCUT2D eigenvalue weighted by molar-refractivity contribution is -0.133. The maximum absolute atomic E-state index is 13.0. The smallest absolute Gasteiger partial charge is 0.255 e. The van der Waals surface area contributed by atoms with E-state index in [2.05, 4.69) is 29.2 Å². The van der Waals surface area contributed by atoms with E-state index in [1.807, 2.05) is 12.1 Å². The molecule has 2 aromatic carbocycles. The van der Waals surface area contributed by atoms with Crippen molar-refractivity contribution in [3.05, 3.63) is 64.7 Å². The molecule has 2 heterocycles. The quantitative estimate of drug-likeness (QED) is 0.633. The fourth-order valence-electron chi connectivity index (χ4n) is 4.82. The first kappa shape index (κ1) is 21.8. The molecule has 0 unspecified atom stereocenters. The van der Waals surface area contributed by atoms with E-state index in [4.69, 9.17) is 9.47 Å². The first-order chi connectivity index (χ1) is 16.1. The summed E-state index contributed by atoms with van der Waals surface area (Å²) in [5.74, 6) is 0.308. The highest BCUT2D eigenvalue weighted by atomic mass is 16.5. The minimum absolute atomic E-state index is 0.0413. The normalized spacial score (nSPS) is 21.4. The number of carbonyl (C=O) groups excluding carboxylic acids is 3. The second kappa shape index (κ2) is 9.45. The van der Waals surface area contributed by atoms with Crippen molar-refractivity contribution < 1.29 is 23.9 Å². The summed E-state index contributed by atoms with van der Waals surface area (Å²) in [6.07, 6.45) is 0.682. The molecule has 33 heavy (non-hydrogen) atoms. The maximum atomic E-state index is 13.0. The summed E-state index contributed by atoms with van der Waals surface area (Å²) in [5.41, 5.74) is 3.72. The van der Waals surface area contributed by atoms with Crippen molar-refractivity contribution in [2.45, 2.75) is 45.0 Å². The van der Waals surface area contributed by atoms with Gasteiger partial charge < -0.3 is 14.4 Å². The van der Waals surface area contributed by atoms with Crippen LogP contribution in [-0.4, -0.2) is 59.6 Å². The van der Waals surface area contributed by atoms with Crippen molar-refractivity contribution in [1.29, 1.82) is 0 Å². The molecule has 0 bridgehead atoms. The Morgan fingerprint density at radius 2 is 1.73 bits per heavy atom. The van der Waals surface area contributed by atoms with Gasteiger partial charge in [0.15, 0.2) is 5.78 Å². The van der Waals surface area contributed by atoms with Crippen molar-refractivity contribution in [2.24, 2.45) is 0 Å². The van der Waals surface area contributed by atoms with Gasteiger partial charge in [0, 0.05) is 37.2 Å². The second-order valence-electron chi connectivity index (χ2n) is 8.95. The number of fused-ring (bicyclic) bond motifs is 1. The van der Waals surface area contributed by atoms with Crippen LogP contribution in [-0.2, 0) is 34.0 Å². The van der Waals surface area contributed by atoms with Gasteiger partial charge in [-0.25, -0.2) is 0 Å². The Kier molecular flexibility index (Phi) is 6.24. The molecule has 0 radical (unpaired) electrons. The number of morpholine rings is 1. The Labute approximate surface area is 193 Å². The first-order valence-electron chi connectivity index (χ1n) is 11.6. The second-order valence-corrected chi connectivity index (χ2v) is 8.95. The van der Waals surface area contributed by atoms with Crippen LogP contribution in [0.5, 0.6) is 5.75 Å². The summed E-state index contributed by atoms with van der Waals surface area (Å²) in [6, 6.07) is 13.4. The standard InChI is InChI=1S/C26H28N2O5/c29-20-8-9-23(24(30)14-20)28-16-22-21(26(28)31)2-1-3-25(22)33-17-19-6-4-18(5-7-19)15-27-10-12-32-13-11-27/h1-7,23H,8-17H2/t23-/m0/s1. The highest BCUT2D eigenvalue weighted by molar-refractivity contribution is 6.07. The van der Waals surface area contributed by atoms with Crippen molar-refractivity contribution in [2.75, 3.05) is 26.3 Å². The predicted octanol–water partition coefficient (Wildman–Crippen LogP) is 2.74. The molecule has 1 saturated heterocycles. The molecule has 1 aliphatic carbocycles. The van der Waals surface area contributed by atoms with Gasteiger partial charge in [-0.2, -0.15) is 0 Å². The third-order valence-corrected chi connectivity index (χ3v) is 6.70. The van der Waals surface area contributed by atoms with E-state index in [1.165, 1.54) is 5.56 Å². The van der Waals surface area contributed by atoms with E-state index in [9.17, 15) is 14.4 Å². The van der Waals surface area contributed by atoms with E-state index in [1.54, 1.807) is 11.0 Å². The molecule has 5 rings (SSSR count). The SMILES string of the molecule is O=C1CC[C@H](N2Cc3c(OCc4ccc(CN5CCOCC5)cc4)cccc3C2=O)C(=O)C1. The molecule has 172 valence electrons. The lowest BCUT2D eigenvalue weighted by Crippen LogP contribution is -2.44. The molecular weight excluding hydrogens is 420 g/mol. The van der Waals surface area contributed by atoms with Gasteiger partial charge in [-0.3, -0.25) is 19.3 Å². The van der Waals surface area contributed by atoms with E-state index in [0.717, 1.165) is 44.0 Å². The van der Waals surface area contributed by atoms with E-state index >= 15 is 0 Å². The number of carbonyl (C=O) groups is 3. The van der Waals surface area contributed by atoms with E-state index in [-0.39, 0.29) is 23.9 Å². The number of rotatable bonds is 6.